The lowest BCUT2D eigenvalue weighted by Gasteiger charge is -2.42. The Labute approximate surface area is 111 Å². The molecule has 0 saturated carbocycles. The van der Waals surface area contributed by atoms with Gasteiger partial charge in [-0.25, -0.2) is 0 Å². The minimum atomic E-state index is -0.0573. The van der Waals surface area contributed by atoms with Gasteiger partial charge in [-0.15, -0.1) is 0 Å². The van der Waals surface area contributed by atoms with E-state index in [9.17, 15) is 4.79 Å². The Morgan fingerprint density at radius 1 is 1.56 bits per heavy atom. The van der Waals surface area contributed by atoms with Gasteiger partial charge in [0.05, 0.1) is 6.04 Å². The van der Waals surface area contributed by atoms with Crippen molar-refractivity contribution in [3.8, 4) is 0 Å². The molecule has 1 saturated heterocycles. The molecule has 1 aliphatic rings. The van der Waals surface area contributed by atoms with Crippen LogP contribution in [0.2, 0.25) is 0 Å². The van der Waals surface area contributed by atoms with Crippen LogP contribution in [0.15, 0.2) is 0 Å². The van der Waals surface area contributed by atoms with Gasteiger partial charge >= 0.3 is 0 Å². The van der Waals surface area contributed by atoms with Crippen LogP contribution in [0.4, 0.5) is 0 Å². The zero-order chi connectivity index (χ0) is 13.5. The molecule has 0 aromatic carbocycles. The topological polar surface area (TPSA) is 58.4 Å². The summed E-state index contributed by atoms with van der Waals surface area (Å²) >= 11 is 0. The lowest BCUT2D eigenvalue weighted by molar-refractivity contribution is -0.127. The van der Waals surface area contributed by atoms with Gasteiger partial charge in [0.1, 0.15) is 0 Å². The summed E-state index contributed by atoms with van der Waals surface area (Å²) in [6, 6.07) is 0.295. The average molecular weight is 255 g/mol. The van der Waals surface area contributed by atoms with Crippen LogP contribution in [0.25, 0.3) is 0 Å². The largest absolute Gasteiger partial charge is 0.355 e. The smallest absolute Gasteiger partial charge is 0.237 e. The van der Waals surface area contributed by atoms with E-state index in [1.165, 1.54) is 12.8 Å². The molecule has 3 atom stereocenters. The number of hydrogen-bond acceptors (Lipinski definition) is 3. The summed E-state index contributed by atoms with van der Waals surface area (Å²) in [6.07, 6.45) is 4.56. The Morgan fingerprint density at radius 3 is 2.89 bits per heavy atom. The average Bonchev–Trinajstić information content (AvgIpc) is 2.37. The van der Waals surface area contributed by atoms with Crippen LogP contribution in [0.3, 0.4) is 0 Å². The second-order valence-electron chi connectivity index (χ2n) is 5.48. The molecule has 3 unspecified atom stereocenters. The van der Waals surface area contributed by atoms with E-state index in [4.69, 9.17) is 5.73 Å². The van der Waals surface area contributed by atoms with E-state index >= 15 is 0 Å². The maximum atomic E-state index is 12.1. The molecule has 0 radical (unpaired) electrons. The van der Waals surface area contributed by atoms with Crippen LogP contribution in [0.1, 0.15) is 46.5 Å². The van der Waals surface area contributed by atoms with Crippen molar-refractivity contribution in [2.45, 2.75) is 58.5 Å². The highest BCUT2D eigenvalue weighted by Crippen LogP contribution is 2.24. The lowest BCUT2D eigenvalue weighted by Crippen LogP contribution is -2.56. The molecule has 0 aromatic rings. The third-order valence-corrected chi connectivity index (χ3v) is 4.11. The van der Waals surface area contributed by atoms with E-state index in [2.05, 4.69) is 24.1 Å². The third-order valence-electron chi connectivity index (χ3n) is 4.11. The van der Waals surface area contributed by atoms with Crippen molar-refractivity contribution in [2.75, 3.05) is 19.6 Å². The predicted octanol–water partition coefficient (Wildman–Crippen LogP) is 1.35. The Morgan fingerprint density at radius 2 is 2.28 bits per heavy atom. The minimum absolute atomic E-state index is 0.0573. The first-order chi connectivity index (χ1) is 8.61. The van der Waals surface area contributed by atoms with Crippen molar-refractivity contribution in [1.29, 1.82) is 0 Å². The predicted molar refractivity (Wildman–Crippen MR) is 75.3 cm³/mol. The molecule has 0 spiro atoms. The van der Waals surface area contributed by atoms with Gasteiger partial charge < -0.3 is 11.1 Å². The summed E-state index contributed by atoms with van der Waals surface area (Å²) in [7, 11) is 0. The molecule has 3 N–H and O–H groups in total. The van der Waals surface area contributed by atoms with E-state index in [1.807, 2.05) is 6.92 Å². The monoisotopic (exact) mass is 255 g/mol. The van der Waals surface area contributed by atoms with Gasteiger partial charge in [-0.05, 0) is 38.6 Å². The standard InChI is InChI=1S/C14H29N3O/c1-4-5-8-16-14(18)12(3)17-9-6-7-11(2)13(17)10-15/h11-13H,4-10,15H2,1-3H3,(H,16,18). The van der Waals surface area contributed by atoms with Gasteiger partial charge in [-0.2, -0.15) is 0 Å². The Kier molecular flexibility index (Phi) is 6.65. The van der Waals surface area contributed by atoms with Crippen molar-refractivity contribution in [1.82, 2.24) is 10.2 Å². The molecule has 1 aliphatic heterocycles. The van der Waals surface area contributed by atoms with Gasteiger partial charge in [0.25, 0.3) is 0 Å². The number of carbonyl (C=O) groups is 1. The molecule has 0 aliphatic carbocycles. The van der Waals surface area contributed by atoms with E-state index in [1.54, 1.807) is 0 Å². The number of amides is 1. The highest BCUT2D eigenvalue weighted by molar-refractivity contribution is 5.81. The number of unbranched alkanes of at least 4 members (excludes halogenated alkanes) is 1. The second kappa shape index (κ2) is 7.74. The van der Waals surface area contributed by atoms with E-state index < -0.39 is 0 Å². The molecule has 106 valence electrons. The zero-order valence-electron chi connectivity index (χ0n) is 12.1. The molecule has 4 nitrogen and oxygen atoms in total. The summed E-state index contributed by atoms with van der Waals surface area (Å²) < 4.78 is 0. The number of nitrogens with two attached hydrogens (primary N) is 1. The maximum absolute atomic E-state index is 12.1. The summed E-state index contributed by atoms with van der Waals surface area (Å²) in [6.45, 7) is 8.80. The van der Waals surface area contributed by atoms with Crippen molar-refractivity contribution < 1.29 is 4.79 Å². The van der Waals surface area contributed by atoms with Gasteiger partial charge in [-0.3, -0.25) is 9.69 Å². The Balaban J connectivity index is 2.52. The van der Waals surface area contributed by atoms with Crippen LogP contribution in [0, 0.1) is 5.92 Å². The minimum Gasteiger partial charge on any atom is -0.355 e. The van der Waals surface area contributed by atoms with Crippen LogP contribution in [0.5, 0.6) is 0 Å². The Bertz CT molecular complexity index is 257. The third kappa shape index (κ3) is 3.95. The molecule has 1 amide bonds. The molecule has 1 rings (SSSR count). The quantitative estimate of drug-likeness (QED) is 0.704. The van der Waals surface area contributed by atoms with E-state index in [-0.39, 0.29) is 11.9 Å². The molecular formula is C14H29N3O. The first-order valence-corrected chi connectivity index (χ1v) is 7.35. The van der Waals surface area contributed by atoms with Crippen LogP contribution >= 0.6 is 0 Å². The molecular weight excluding hydrogens is 226 g/mol. The van der Waals surface area contributed by atoms with Crippen LogP contribution in [-0.4, -0.2) is 42.5 Å². The number of likely N-dealkylation sites (tertiary alicyclic amines) is 1. The normalized spacial score (nSPS) is 26.9. The molecule has 1 heterocycles. The first-order valence-electron chi connectivity index (χ1n) is 7.35. The summed E-state index contributed by atoms with van der Waals surface area (Å²) in [4.78, 5) is 14.4. The number of carbonyl (C=O) groups excluding carboxylic acids is 1. The fourth-order valence-corrected chi connectivity index (χ4v) is 2.82. The number of rotatable bonds is 6. The Hall–Kier alpha value is -0.610. The van der Waals surface area contributed by atoms with Gasteiger partial charge in [0, 0.05) is 19.1 Å². The zero-order valence-corrected chi connectivity index (χ0v) is 12.1. The lowest BCUT2D eigenvalue weighted by atomic mass is 9.89. The molecule has 18 heavy (non-hydrogen) atoms. The van der Waals surface area contributed by atoms with Crippen LogP contribution in [-0.2, 0) is 4.79 Å². The molecule has 1 fully saturated rings. The van der Waals surface area contributed by atoms with E-state index in [0.29, 0.717) is 18.5 Å². The molecule has 0 bridgehead atoms. The SMILES string of the molecule is CCCCNC(=O)C(C)N1CCCC(C)C1CN. The van der Waals surface area contributed by atoms with Gasteiger partial charge in [0.2, 0.25) is 5.91 Å². The maximum Gasteiger partial charge on any atom is 0.237 e. The summed E-state index contributed by atoms with van der Waals surface area (Å²) in [5.41, 5.74) is 5.87. The van der Waals surface area contributed by atoms with Crippen molar-refractivity contribution in [3.05, 3.63) is 0 Å². The van der Waals surface area contributed by atoms with Crippen LogP contribution < -0.4 is 11.1 Å². The summed E-state index contributed by atoms with van der Waals surface area (Å²) in [5.74, 6) is 0.741. The number of nitrogens with zero attached hydrogens (tertiary/aromatic N) is 1. The highest BCUT2D eigenvalue weighted by Gasteiger charge is 2.33. The van der Waals surface area contributed by atoms with Gasteiger partial charge in [0.15, 0.2) is 0 Å². The molecule has 4 heteroatoms. The first kappa shape index (κ1) is 15.4. The number of hydrogen-bond donors (Lipinski definition) is 2. The van der Waals surface area contributed by atoms with Crippen molar-refractivity contribution in [3.63, 3.8) is 0 Å². The fraction of sp³-hybridized carbons (Fsp3) is 0.929. The van der Waals surface area contributed by atoms with Gasteiger partial charge in [-0.1, -0.05) is 20.3 Å². The van der Waals surface area contributed by atoms with Crippen molar-refractivity contribution in [2.24, 2.45) is 11.7 Å². The fourth-order valence-electron chi connectivity index (χ4n) is 2.82. The molecule has 0 aromatic heterocycles. The number of nitrogens with one attached hydrogen (secondary N) is 1. The summed E-state index contributed by atoms with van der Waals surface area (Å²) in [5, 5.41) is 3.02. The van der Waals surface area contributed by atoms with Crippen molar-refractivity contribution >= 4 is 5.91 Å². The second-order valence-corrected chi connectivity index (χ2v) is 5.48. The number of piperidine rings is 1. The van der Waals surface area contributed by atoms with E-state index in [0.717, 1.165) is 25.9 Å². The highest BCUT2D eigenvalue weighted by atomic mass is 16.2.